The summed E-state index contributed by atoms with van der Waals surface area (Å²) in [5, 5.41) is 0. The molecule has 20 heavy (non-hydrogen) atoms. The number of nitrogens with two attached hydrogens (primary N) is 1. The molecule has 1 aliphatic rings. The van der Waals surface area contributed by atoms with Crippen molar-refractivity contribution < 1.29 is 8.42 Å². The second-order valence-electron chi connectivity index (χ2n) is 4.53. The van der Waals surface area contributed by atoms with Crippen LogP contribution in [0.25, 0.3) is 0 Å². The van der Waals surface area contributed by atoms with E-state index in [0.29, 0.717) is 12.1 Å². The third-order valence-corrected chi connectivity index (χ3v) is 5.43. The first-order chi connectivity index (χ1) is 9.40. The normalized spacial score (nSPS) is 22.4. The Morgan fingerprint density at radius 2 is 2.30 bits per heavy atom. The number of rotatable bonds is 4. The lowest BCUT2D eigenvalue weighted by molar-refractivity contribution is 0.540. The first-order valence-electron chi connectivity index (χ1n) is 6.11. The SMILES string of the molecule is CCC1(S(=O)(=O)Nn2cccnc2=O)C=CC(N)=CC1. The van der Waals surface area contributed by atoms with E-state index in [1.807, 2.05) is 0 Å². The van der Waals surface area contributed by atoms with Gasteiger partial charge >= 0.3 is 5.69 Å². The molecule has 2 rings (SSSR count). The first kappa shape index (κ1) is 14.3. The van der Waals surface area contributed by atoms with Crippen LogP contribution in [0.2, 0.25) is 0 Å². The zero-order chi connectivity index (χ0) is 14.8. The summed E-state index contributed by atoms with van der Waals surface area (Å²) in [4.78, 5) is 17.3. The molecule has 0 spiro atoms. The minimum Gasteiger partial charge on any atom is -0.399 e. The quantitative estimate of drug-likeness (QED) is 0.817. The molecule has 0 saturated heterocycles. The zero-order valence-corrected chi connectivity index (χ0v) is 11.8. The van der Waals surface area contributed by atoms with Gasteiger partial charge in [-0.15, -0.1) is 0 Å². The fourth-order valence-corrected chi connectivity index (χ4v) is 3.48. The van der Waals surface area contributed by atoms with Crippen molar-refractivity contribution in [1.82, 2.24) is 9.66 Å². The van der Waals surface area contributed by atoms with Crippen LogP contribution in [0.5, 0.6) is 0 Å². The smallest absolute Gasteiger partial charge is 0.366 e. The van der Waals surface area contributed by atoms with Crippen LogP contribution in [0.15, 0.2) is 47.2 Å². The van der Waals surface area contributed by atoms with Crippen molar-refractivity contribution >= 4 is 10.0 Å². The van der Waals surface area contributed by atoms with E-state index in [1.54, 1.807) is 25.2 Å². The van der Waals surface area contributed by atoms with Gasteiger partial charge in [-0.25, -0.2) is 27.7 Å². The summed E-state index contributed by atoms with van der Waals surface area (Å²) in [6.07, 6.45) is 8.02. The van der Waals surface area contributed by atoms with E-state index in [9.17, 15) is 13.2 Å². The minimum absolute atomic E-state index is 0.260. The molecule has 108 valence electrons. The van der Waals surface area contributed by atoms with Gasteiger partial charge in [0.1, 0.15) is 4.75 Å². The molecule has 0 aliphatic heterocycles. The highest BCUT2D eigenvalue weighted by Gasteiger charge is 2.40. The average molecular weight is 296 g/mol. The molecule has 0 amide bonds. The molecular weight excluding hydrogens is 280 g/mol. The van der Waals surface area contributed by atoms with Gasteiger partial charge in [-0.05, 0) is 25.0 Å². The summed E-state index contributed by atoms with van der Waals surface area (Å²) in [6, 6.07) is 1.47. The van der Waals surface area contributed by atoms with E-state index >= 15 is 0 Å². The van der Waals surface area contributed by atoms with Crippen LogP contribution >= 0.6 is 0 Å². The molecule has 0 saturated carbocycles. The number of aromatic nitrogens is 2. The second-order valence-corrected chi connectivity index (χ2v) is 6.53. The maximum Gasteiger partial charge on any atom is 0.366 e. The van der Waals surface area contributed by atoms with Gasteiger partial charge in [0.25, 0.3) is 10.0 Å². The molecule has 0 bridgehead atoms. The third kappa shape index (κ3) is 2.46. The van der Waals surface area contributed by atoms with Crippen molar-refractivity contribution in [3.8, 4) is 0 Å². The number of nitrogens with one attached hydrogen (secondary N) is 1. The molecule has 0 aromatic carbocycles. The lowest BCUT2D eigenvalue weighted by atomic mass is 9.96. The molecule has 1 unspecified atom stereocenters. The van der Waals surface area contributed by atoms with Crippen LogP contribution in [-0.2, 0) is 10.0 Å². The van der Waals surface area contributed by atoms with E-state index in [2.05, 4.69) is 9.82 Å². The van der Waals surface area contributed by atoms with Gasteiger partial charge in [-0.1, -0.05) is 19.1 Å². The fraction of sp³-hybridized carbons (Fsp3) is 0.333. The van der Waals surface area contributed by atoms with Crippen molar-refractivity contribution in [3.05, 3.63) is 52.9 Å². The van der Waals surface area contributed by atoms with Crippen LogP contribution in [0.4, 0.5) is 0 Å². The molecule has 3 N–H and O–H groups in total. The Labute approximate surface area is 116 Å². The molecule has 7 nitrogen and oxygen atoms in total. The lowest BCUT2D eigenvalue weighted by Crippen LogP contribution is -2.46. The molecule has 1 aliphatic carbocycles. The standard InChI is InChI=1S/C12H16N4O3S/c1-2-12(6-4-10(13)5-7-12)20(18,19)15-16-9-3-8-14-11(16)17/h3-6,8-9,15H,2,7,13H2,1H3. The van der Waals surface area contributed by atoms with E-state index < -0.39 is 20.5 Å². The fourth-order valence-electron chi connectivity index (χ4n) is 1.97. The summed E-state index contributed by atoms with van der Waals surface area (Å²) >= 11 is 0. The summed E-state index contributed by atoms with van der Waals surface area (Å²) < 4.78 is 24.8. The number of sulfonamides is 1. The predicted octanol–water partition coefficient (Wildman–Crippen LogP) is 0.0679. The highest BCUT2D eigenvalue weighted by atomic mass is 32.2. The Kier molecular flexibility index (Phi) is 3.67. The van der Waals surface area contributed by atoms with Crippen molar-refractivity contribution in [1.29, 1.82) is 0 Å². The summed E-state index contributed by atoms with van der Waals surface area (Å²) in [7, 11) is -3.81. The Morgan fingerprint density at radius 3 is 2.85 bits per heavy atom. The Hall–Kier alpha value is -2.09. The molecule has 1 aromatic rings. The van der Waals surface area contributed by atoms with E-state index in [4.69, 9.17) is 5.73 Å². The molecule has 1 heterocycles. The highest BCUT2D eigenvalue weighted by Crippen LogP contribution is 2.31. The van der Waals surface area contributed by atoms with E-state index in [0.717, 1.165) is 4.68 Å². The van der Waals surface area contributed by atoms with Gasteiger partial charge in [0.15, 0.2) is 0 Å². The number of hydrogen-bond acceptors (Lipinski definition) is 5. The van der Waals surface area contributed by atoms with Gasteiger partial charge in [0, 0.05) is 18.1 Å². The van der Waals surface area contributed by atoms with Crippen LogP contribution < -0.4 is 16.3 Å². The molecule has 1 atom stereocenters. The second kappa shape index (κ2) is 5.12. The molecule has 8 heteroatoms. The molecule has 1 aromatic heterocycles. The van der Waals surface area contributed by atoms with Crippen molar-refractivity contribution in [2.24, 2.45) is 5.73 Å². The van der Waals surface area contributed by atoms with Gasteiger partial charge in [-0.3, -0.25) is 0 Å². The van der Waals surface area contributed by atoms with Gasteiger partial charge in [-0.2, -0.15) is 0 Å². The predicted molar refractivity (Wildman–Crippen MR) is 75.8 cm³/mol. The van der Waals surface area contributed by atoms with Crippen LogP contribution in [0.1, 0.15) is 19.8 Å². The van der Waals surface area contributed by atoms with Crippen molar-refractivity contribution in [3.63, 3.8) is 0 Å². The van der Waals surface area contributed by atoms with Gasteiger partial charge in [0.05, 0.1) is 0 Å². The highest BCUT2D eigenvalue weighted by molar-refractivity contribution is 7.93. The largest absolute Gasteiger partial charge is 0.399 e. The monoisotopic (exact) mass is 296 g/mol. The van der Waals surface area contributed by atoms with Crippen molar-refractivity contribution in [2.75, 3.05) is 4.83 Å². The number of nitrogens with zero attached hydrogens (tertiary/aromatic N) is 2. The summed E-state index contributed by atoms with van der Waals surface area (Å²) in [5.74, 6) is 0. The van der Waals surface area contributed by atoms with Gasteiger partial charge < -0.3 is 5.73 Å². The molecule has 0 fully saturated rings. The Morgan fingerprint density at radius 1 is 1.55 bits per heavy atom. The Bertz CT molecular complexity index is 720. The van der Waals surface area contributed by atoms with E-state index in [-0.39, 0.29) is 6.42 Å². The number of hydrogen-bond donors (Lipinski definition) is 2. The van der Waals surface area contributed by atoms with Crippen LogP contribution in [0, 0.1) is 0 Å². The van der Waals surface area contributed by atoms with Crippen LogP contribution in [-0.4, -0.2) is 22.8 Å². The molecular formula is C12H16N4O3S. The average Bonchev–Trinajstić information content (AvgIpc) is 2.42. The zero-order valence-electron chi connectivity index (χ0n) is 11.0. The Balaban J connectivity index is 2.38. The maximum absolute atomic E-state index is 12.5. The van der Waals surface area contributed by atoms with Gasteiger partial charge in [0.2, 0.25) is 0 Å². The van der Waals surface area contributed by atoms with Crippen molar-refractivity contribution in [2.45, 2.75) is 24.5 Å². The lowest BCUT2D eigenvalue weighted by Gasteiger charge is -2.30. The number of allylic oxidation sites excluding steroid dienone is 2. The molecule has 0 radical (unpaired) electrons. The summed E-state index contributed by atoms with van der Waals surface area (Å²) in [6.45, 7) is 1.77. The van der Waals surface area contributed by atoms with E-state index in [1.165, 1.54) is 18.5 Å². The maximum atomic E-state index is 12.5. The topological polar surface area (TPSA) is 107 Å². The summed E-state index contributed by atoms with van der Waals surface area (Å²) in [5.41, 5.74) is 5.47. The third-order valence-electron chi connectivity index (χ3n) is 3.33. The van der Waals surface area contributed by atoms with Crippen LogP contribution in [0.3, 0.4) is 0 Å². The minimum atomic E-state index is -3.81. The first-order valence-corrected chi connectivity index (χ1v) is 7.59.